The molecular weight excluding hydrogens is 496 g/mol. The van der Waals surface area contributed by atoms with E-state index in [0.29, 0.717) is 19.7 Å². The van der Waals surface area contributed by atoms with E-state index in [9.17, 15) is 8.42 Å². The van der Waals surface area contributed by atoms with Crippen molar-refractivity contribution in [3.63, 3.8) is 0 Å². The standard InChI is InChI=1S/C30H40N4O3S/c1-21(2)34-29(15-16-31-34)38(35,36)32-17-6-7-18-33-27(19-32)30(28(33)20-37-5)25-13-11-24(12-14-25)26-10-8-9-22(3)23(26)4/h8-16,21,27-28,30H,6-7,17-20H2,1-5H3/t27?,28-,30+/m1/s1. The van der Waals surface area contributed by atoms with Gasteiger partial charge in [-0.25, -0.2) is 8.42 Å². The Morgan fingerprint density at radius 3 is 2.47 bits per heavy atom. The summed E-state index contributed by atoms with van der Waals surface area (Å²) >= 11 is 0. The minimum Gasteiger partial charge on any atom is -0.383 e. The summed E-state index contributed by atoms with van der Waals surface area (Å²) in [6.07, 6.45) is 3.39. The van der Waals surface area contributed by atoms with Crippen LogP contribution in [-0.2, 0) is 14.8 Å². The normalized spacial score (nSPS) is 23.1. The van der Waals surface area contributed by atoms with Gasteiger partial charge in [0, 0.05) is 44.2 Å². The van der Waals surface area contributed by atoms with E-state index in [2.05, 4.69) is 66.3 Å². The lowest BCUT2D eigenvalue weighted by Crippen LogP contribution is -2.68. The summed E-state index contributed by atoms with van der Waals surface area (Å²) in [5.41, 5.74) is 6.29. The molecule has 0 N–H and O–H groups in total. The van der Waals surface area contributed by atoms with Crippen molar-refractivity contribution in [2.75, 3.05) is 33.4 Å². The number of hydrogen-bond donors (Lipinski definition) is 0. The summed E-state index contributed by atoms with van der Waals surface area (Å²) in [6, 6.07) is 17.3. The van der Waals surface area contributed by atoms with Gasteiger partial charge < -0.3 is 4.74 Å². The second kappa shape index (κ2) is 10.9. The number of aromatic nitrogens is 2. The zero-order chi connectivity index (χ0) is 27.0. The highest BCUT2D eigenvalue weighted by molar-refractivity contribution is 7.89. The second-order valence-corrected chi connectivity index (χ2v) is 12.9. The largest absolute Gasteiger partial charge is 0.383 e. The third-order valence-electron chi connectivity index (χ3n) is 8.42. The van der Waals surface area contributed by atoms with Crippen molar-refractivity contribution in [2.24, 2.45) is 0 Å². The average molecular weight is 537 g/mol. The van der Waals surface area contributed by atoms with Crippen molar-refractivity contribution in [2.45, 2.75) is 69.6 Å². The molecule has 0 bridgehead atoms. The fourth-order valence-electron chi connectivity index (χ4n) is 6.25. The van der Waals surface area contributed by atoms with Gasteiger partial charge in [-0.1, -0.05) is 42.5 Å². The van der Waals surface area contributed by atoms with Gasteiger partial charge in [0.05, 0.1) is 12.8 Å². The Morgan fingerprint density at radius 2 is 1.76 bits per heavy atom. The lowest BCUT2D eigenvalue weighted by Gasteiger charge is -2.57. The van der Waals surface area contributed by atoms with Crippen LogP contribution in [0.3, 0.4) is 0 Å². The summed E-state index contributed by atoms with van der Waals surface area (Å²) in [7, 11) is -1.92. The molecule has 0 spiro atoms. The molecule has 1 unspecified atom stereocenters. The topological polar surface area (TPSA) is 67.7 Å². The Balaban J connectivity index is 1.45. The van der Waals surface area contributed by atoms with Crippen molar-refractivity contribution in [3.05, 3.63) is 71.4 Å². The van der Waals surface area contributed by atoms with Crippen LogP contribution >= 0.6 is 0 Å². The molecule has 2 aliphatic rings. The molecule has 2 aliphatic heterocycles. The Kier molecular flexibility index (Phi) is 7.78. The molecule has 5 rings (SSSR count). The lowest BCUT2D eigenvalue weighted by molar-refractivity contribution is -0.0635. The first kappa shape index (κ1) is 27.1. The van der Waals surface area contributed by atoms with Crippen molar-refractivity contribution in [1.29, 1.82) is 0 Å². The van der Waals surface area contributed by atoms with Crippen LogP contribution in [0.15, 0.2) is 59.8 Å². The zero-order valence-electron chi connectivity index (χ0n) is 23.2. The molecule has 2 saturated heterocycles. The monoisotopic (exact) mass is 536 g/mol. The smallest absolute Gasteiger partial charge is 0.260 e. The van der Waals surface area contributed by atoms with E-state index < -0.39 is 10.0 Å². The summed E-state index contributed by atoms with van der Waals surface area (Å²) in [5.74, 6) is 0.202. The molecule has 3 heterocycles. The molecule has 204 valence electrons. The van der Waals surface area contributed by atoms with E-state index in [1.807, 2.05) is 13.8 Å². The van der Waals surface area contributed by atoms with Crippen molar-refractivity contribution in [3.8, 4) is 11.1 Å². The Labute approximate surface area is 227 Å². The van der Waals surface area contributed by atoms with E-state index in [1.54, 1.807) is 28.4 Å². The van der Waals surface area contributed by atoms with Crippen LogP contribution in [0, 0.1) is 13.8 Å². The van der Waals surface area contributed by atoms with Gasteiger partial charge in [0.1, 0.15) is 0 Å². The van der Waals surface area contributed by atoms with Crippen LogP contribution in [0.4, 0.5) is 0 Å². The predicted molar refractivity (Wildman–Crippen MR) is 151 cm³/mol. The fraction of sp³-hybridized carbons (Fsp3) is 0.500. The SMILES string of the molecule is COC[C@@H]1[C@@H](c2ccc(-c3cccc(C)c3C)cc2)C2CN(S(=O)(=O)c3ccnn3C(C)C)CCCCN21. The van der Waals surface area contributed by atoms with Crippen LogP contribution in [-0.4, -0.2) is 72.8 Å². The lowest BCUT2D eigenvalue weighted by atomic mass is 9.74. The first-order valence-corrected chi connectivity index (χ1v) is 15.1. The number of methoxy groups -OCH3 is 1. The van der Waals surface area contributed by atoms with Crippen LogP contribution in [0.2, 0.25) is 0 Å². The maximum absolute atomic E-state index is 13.8. The van der Waals surface area contributed by atoms with Gasteiger partial charge in [-0.15, -0.1) is 0 Å². The maximum Gasteiger partial charge on any atom is 0.260 e. The molecule has 2 fully saturated rings. The first-order valence-electron chi connectivity index (χ1n) is 13.7. The van der Waals surface area contributed by atoms with Gasteiger partial charge in [0.2, 0.25) is 0 Å². The molecule has 3 aromatic rings. The zero-order valence-corrected chi connectivity index (χ0v) is 24.0. The van der Waals surface area contributed by atoms with Crippen molar-refractivity contribution < 1.29 is 13.2 Å². The number of aryl methyl sites for hydroxylation is 1. The highest BCUT2D eigenvalue weighted by Crippen LogP contribution is 2.43. The molecule has 3 atom stereocenters. The number of benzene rings is 2. The maximum atomic E-state index is 13.8. The van der Waals surface area contributed by atoms with Crippen LogP contribution in [0.5, 0.6) is 0 Å². The van der Waals surface area contributed by atoms with Gasteiger partial charge in [-0.2, -0.15) is 9.40 Å². The van der Waals surface area contributed by atoms with Crippen LogP contribution in [0.25, 0.3) is 11.1 Å². The number of hydrogen-bond acceptors (Lipinski definition) is 5. The quantitative estimate of drug-likeness (QED) is 0.424. The molecule has 0 radical (unpaired) electrons. The van der Waals surface area contributed by atoms with Gasteiger partial charge >= 0.3 is 0 Å². The number of nitrogens with zero attached hydrogens (tertiary/aromatic N) is 4. The summed E-state index contributed by atoms with van der Waals surface area (Å²) in [6.45, 7) is 10.8. The summed E-state index contributed by atoms with van der Waals surface area (Å²) < 4.78 is 36.7. The van der Waals surface area contributed by atoms with Gasteiger partial charge in [-0.05, 0) is 81.0 Å². The molecule has 7 nitrogen and oxygen atoms in total. The van der Waals surface area contributed by atoms with E-state index in [4.69, 9.17) is 4.74 Å². The van der Waals surface area contributed by atoms with Crippen LogP contribution in [0.1, 0.15) is 55.3 Å². The fourth-order valence-corrected chi connectivity index (χ4v) is 7.96. The first-order chi connectivity index (χ1) is 18.2. The number of fused-ring (bicyclic) bond motifs is 1. The summed E-state index contributed by atoms with van der Waals surface area (Å²) in [5, 5.41) is 4.57. The molecule has 1 aromatic heterocycles. The molecule has 8 heteroatoms. The molecule has 0 aliphatic carbocycles. The Bertz CT molecular complexity index is 1370. The summed E-state index contributed by atoms with van der Waals surface area (Å²) in [4.78, 5) is 2.47. The molecule has 0 amide bonds. The number of rotatable bonds is 7. The third-order valence-corrected chi connectivity index (χ3v) is 10.3. The second-order valence-electron chi connectivity index (χ2n) is 11.0. The van der Waals surface area contributed by atoms with E-state index in [1.165, 1.54) is 27.8 Å². The van der Waals surface area contributed by atoms with E-state index in [0.717, 1.165) is 19.4 Å². The van der Waals surface area contributed by atoms with E-state index >= 15 is 0 Å². The number of ether oxygens (including phenoxy) is 1. The minimum atomic E-state index is -3.67. The molecular formula is C30H40N4O3S. The van der Waals surface area contributed by atoms with Crippen molar-refractivity contribution in [1.82, 2.24) is 19.0 Å². The average Bonchev–Trinajstić information content (AvgIpc) is 3.39. The van der Waals surface area contributed by atoms with Crippen LogP contribution < -0.4 is 0 Å². The van der Waals surface area contributed by atoms with Gasteiger partial charge in [0.15, 0.2) is 5.03 Å². The molecule has 38 heavy (non-hydrogen) atoms. The third kappa shape index (κ3) is 4.83. The molecule has 2 aromatic carbocycles. The Hall–Kier alpha value is -2.52. The van der Waals surface area contributed by atoms with Gasteiger partial charge in [-0.3, -0.25) is 9.58 Å². The van der Waals surface area contributed by atoms with Gasteiger partial charge in [0.25, 0.3) is 10.0 Å². The Morgan fingerprint density at radius 1 is 1.03 bits per heavy atom. The highest BCUT2D eigenvalue weighted by atomic mass is 32.2. The highest BCUT2D eigenvalue weighted by Gasteiger charge is 2.50. The van der Waals surface area contributed by atoms with Crippen molar-refractivity contribution >= 4 is 10.0 Å². The minimum absolute atomic E-state index is 0.0286. The predicted octanol–water partition coefficient (Wildman–Crippen LogP) is 5.02. The number of sulfonamides is 1. The molecule has 0 saturated carbocycles. The van der Waals surface area contributed by atoms with E-state index in [-0.39, 0.29) is 29.1 Å².